The van der Waals surface area contributed by atoms with Crippen LogP contribution in [-0.4, -0.2) is 21.3 Å². The first-order valence-corrected chi connectivity index (χ1v) is 11.6. The van der Waals surface area contributed by atoms with Crippen LogP contribution in [0.25, 0.3) is 10.9 Å². The van der Waals surface area contributed by atoms with Crippen LogP contribution < -0.4 is 5.73 Å². The molecule has 2 aromatic heterocycles. The van der Waals surface area contributed by atoms with Gasteiger partial charge in [-0.15, -0.1) is 0 Å². The lowest BCUT2D eigenvalue weighted by atomic mass is 9.77. The van der Waals surface area contributed by atoms with E-state index in [9.17, 15) is 9.18 Å². The number of nitrogens with zero attached hydrogens (tertiary/aromatic N) is 3. The average molecular weight is 443 g/mol. The van der Waals surface area contributed by atoms with Crippen LogP contribution in [0.1, 0.15) is 55.3 Å². The Kier molecular flexibility index (Phi) is 5.46. The molecule has 0 radical (unpaired) electrons. The Bertz CT molecular complexity index is 1230. The van der Waals surface area contributed by atoms with E-state index in [0.717, 1.165) is 42.1 Å². The van der Waals surface area contributed by atoms with E-state index in [1.54, 1.807) is 30.5 Å². The molecule has 168 valence electrons. The predicted molar refractivity (Wildman–Crippen MR) is 124 cm³/mol. The van der Waals surface area contributed by atoms with Crippen molar-refractivity contribution in [3.63, 3.8) is 0 Å². The van der Waals surface area contributed by atoms with Crippen LogP contribution in [0, 0.1) is 34.9 Å². The summed E-state index contributed by atoms with van der Waals surface area (Å²) in [7, 11) is 0. The molecular formula is C27H27FN4O. The van der Waals surface area contributed by atoms with Gasteiger partial charge in [-0.3, -0.25) is 9.78 Å². The van der Waals surface area contributed by atoms with Crippen molar-refractivity contribution in [2.45, 2.75) is 50.5 Å². The van der Waals surface area contributed by atoms with E-state index in [2.05, 4.69) is 9.97 Å². The normalized spacial score (nSPS) is 26.0. The molecule has 2 aliphatic carbocycles. The van der Waals surface area contributed by atoms with Crippen LogP contribution in [0.15, 0.2) is 48.8 Å². The van der Waals surface area contributed by atoms with E-state index in [4.69, 9.17) is 11.0 Å². The van der Waals surface area contributed by atoms with Gasteiger partial charge in [0.1, 0.15) is 17.6 Å². The average Bonchev–Trinajstić information content (AvgIpc) is 3.39. The summed E-state index contributed by atoms with van der Waals surface area (Å²) in [5.74, 6) is 1.39. The molecule has 2 saturated carbocycles. The number of benzene rings is 1. The smallest absolute Gasteiger partial charge is 0.157 e. The quantitative estimate of drug-likeness (QED) is 0.619. The number of nitriles is 1. The van der Waals surface area contributed by atoms with Crippen LogP contribution in [0.5, 0.6) is 0 Å². The highest BCUT2D eigenvalue weighted by atomic mass is 19.1. The third-order valence-corrected chi connectivity index (χ3v) is 7.95. The van der Waals surface area contributed by atoms with E-state index < -0.39 is 5.54 Å². The molecule has 5 atom stereocenters. The number of Topliss-reactive ketones (excluding diaryl/α,β-unsaturated/α-hetero) is 1. The molecule has 0 aliphatic heterocycles. The van der Waals surface area contributed by atoms with Gasteiger partial charge in [-0.1, -0.05) is 6.07 Å². The lowest BCUT2D eigenvalue weighted by Crippen LogP contribution is -2.51. The van der Waals surface area contributed by atoms with Gasteiger partial charge in [0.25, 0.3) is 0 Å². The van der Waals surface area contributed by atoms with Gasteiger partial charge in [0.2, 0.25) is 0 Å². The molecule has 0 saturated heterocycles. The van der Waals surface area contributed by atoms with Crippen molar-refractivity contribution in [3.05, 3.63) is 71.4 Å². The minimum atomic E-state index is -0.889. The summed E-state index contributed by atoms with van der Waals surface area (Å²) in [5.41, 5.74) is 8.89. The van der Waals surface area contributed by atoms with Crippen molar-refractivity contribution in [2.75, 3.05) is 0 Å². The number of carbonyl (C=O) groups excluding carboxylic acids is 1. The second-order valence-electron chi connectivity index (χ2n) is 9.96. The summed E-state index contributed by atoms with van der Waals surface area (Å²) in [6, 6.07) is 12.2. The standard InChI is InChI=1S/C27H27FN4O/c1-27(30,26(33)8-16-2-4-22(14-29)32-15-16)20-11-17-9-19(10-18(17)12-20)23-6-7-31-25-5-3-21(28)13-24(23)25/h2-7,13,15,17-20H,8-12,30H2,1H3/t17-,18+,19?,20?,27?. The summed E-state index contributed by atoms with van der Waals surface area (Å²) >= 11 is 0. The molecule has 5 nitrogen and oxygen atoms in total. The number of hydrogen-bond donors (Lipinski definition) is 1. The molecule has 2 aliphatic rings. The maximum absolute atomic E-state index is 13.9. The third kappa shape index (κ3) is 4.02. The fourth-order valence-electron chi connectivity index (χ4n) is 6.05. The minimum Gasteiger partial charge on any atom is -0.319 e. The summed E-state index contributed by atoms with van der Waals surface area (Å²) in [6.45, 7) is 1.87. The maximum Gasteiger partial charge on any atom is 0.157 e. The summed E-state index contributed by atoms with van der Waals surface area (Å²) in [5, 5.41) is 9.81. The number of aromatic nitrogens is 2. The van der Waals surface area contributed by atoms with Crippen LogP contribution in [-0.2, 0) is 11.2 Å². The fourth-order valence-corrected chi connectivity index (χ4v) is 6.05. The Hall–Kier alpha value is -3.17. The van der Waals surface area contributed by atoms with Crippen molar-refractivity contribution in [2.24, 2.45) is 23.5 Å². The van der Waals surface area contributed by atoms with Gasteiger partial charge in [-0.2, -0.15) is 5.26 Å². The van der Waals surface area contributed by atoms with Crippen molar-refractivity contribution in [1.82, 2.24) is 9.97 Å². The molecule has 6 heteroatoms. The Morgan fingerprint density at radius 2 is 1.91 bits per heavy atom. The topological polar surface area (TPSA) is 92.7 Å². The largest absolute Gasteiger partial charge is 0.319 e. The summed E-state index contributed by atoms with van der Waals surface area (Å²) in [6.07, 6.45) is 7.62. The molecule has 3 aromatic rings. The molecule has 5 rings (SSSR count). The van der Waals surface area contributed by atoms with Gasteiger partial charge in [-0.25, -0.2) is 9.37 Å². The number of fused-ring (bicyclic) bond motifs is 2. The van der Waals surface area contributed by atoms with Gasteiger partial charge in [0, 0.05) is 24.2 Å². The molecular weight excluding hydrogens is 415 g/mol. The highest BCUT2D eigenvalue weighted by Gasteiger charge is 2.49. The van der Waals surface area contributed by atoms with E-state index in [-0.39, 0.29) is 23.9 Å². The van der Waals surface area contributed by atoms with Crippen molar-refractivity contribution >= 4 is 16.7 Å². The van der Waals surface area contributed by atoms with E-state index in [1.165, 1.54) is 11.6 Å². The fraction of sp³-hybridized carbons (Fsp3) is 0.407. The van der Waals surface area contributed by atoms with Crippen LogP contribution >= 0.6 is 0 Å². The van der Waals surface area contributed by atoms with Gasteiger partial charge in [0.05, 0.1) is 11.1 Å². The minimum absolute atomic E-state index is 0.0196. The zero-order chi connectivity index (χ0) is 23.2. The molecule has 0 spiro atoms. The van der Waals surface area contributed by atoms with Crippen LogP contribution in [0.3, 0.4) is 0 Å². The molecule has 3 unspecified atom stereocenters. The predicted octanol–water partition coefficient (Wildman–Crippen LogP) is 4.69. The second kappa shape index (κ2) is 8.31. The number of carbonyl (C=O) groups is 1. The lowest BCUT2D eigenvalue weighted by Gasteiger charge is -2.31. The van der Waals surface area contributed by atoms with Crippen molar-refractivity contribution in [3.8, 4) is 6.07 Å². The monoisotopic (exact) mass is 442 g/mol. The zero-order valence-corrected chi connectivity index (χ0v) is 18.7. The van der Waals surface area contributed by atoms with Crippen LogP contribution in [0.2, 0.25) is 0 Å². The Balaban J connectivity index is 1.27. The van der Waals surface area contributed by atoms with Crippen LogP contribution in [0.4, 0.5) is 4.39 Å². The third-order valence-electron chi connectivity index (χ3n) is 7.95. The van der Waals surface area contributed by atoms with Gasteiger partial charge in [-0.05, 0) is 97.7 Å². The van der Waals surface area contributed by atoms with Gasteiger partial charge < -0.3 is 5.73 Å². The van der Waals surface area contributed by atoms with Gasteiger partial charge in [0.15, 0.2) is 5.78 Å². The number of hydrogen-bond acceptors (Lipinski definition) is 5. The van der Waals surface area contributed by atoms with E-state index in [0.29, 0.717) is 23.4 Å². The number of halogens is 1. The van der Waals surface area contributed by atoms with Gasteiger partial charge >= 0.3 is 0 Å². The molecule has 2 fully saturated rings. The molecule has 0 amide bonds. The number of ketones is 1. The van der Waals surface area contributed by atoms with Crippen molar-refractivity contribution < 1.29 is 9.18 Å². The molecule has 0 bridgehead atoms. The Labute approximate surface area is 192 Å². The Morgan fingerprint density at radius 3 is 2.58 bits per heavy atom. The zero-order valence-electron chi connectivity index (χ0n) is 18.7. The molecule has 2 N–H and O–H groups in total. The first-order valence-electron chi connectivity index (χ1n) is 11.6. The number of rotatable bonds is 5. The molecule has 1 aromatic carbocycles. The maximum atomic E-state index is 13.9. The Morgan fingerprint density at radius 1 is 1.15 bits per heavy atom. The van der Waals surface area contributed by atoms with E-state index >= 15 is 0 Å². The first kappa shape index (κ1) is 21.7. The first-order chi connectivity index (χ1) is 15.8. The highest BCUT2D eigenvalue weighted by Crippen LogP contribution is 2.55. The number of pyridine rings is 2. The molecule has 33 heavy (non-hydrogen) atoms. The SMILES string of the molecule is CC(N)(C(=O)Cc1ccc(C#N)nc1)C1C[C@H]2CC(c3ccnc4ccc(F)cc34)C[C@H]2C1. The lowest BCUT2D eigenvalue weighted by molar-refractivity contribution is -0.124. The van der Waals surface area contributed by atoms with E-state index in [1.807, 2.05) is 25.3 Å². The summed E-state index contributed by atoms with van der Waals surface area (Å²) in [4.78, 5) is 21.6. The summed E-state index contributed by atoms with van der Waals surface area (Å²) < 4.78 is 13.9. The highest BCUT2D eigenvalue weighted by molar-refractivity contribution is 5.90. The second-order valence-corrected chi connectivity index (χ2v) is 9.96. The van der Waals surface area contributed by atoms with Crippen molar-refractivity contribution in [1.29, 1.82) is 5.26 Å². The molecule has 2 heterocycles. The number of nitrogens with two attached hydrogens (primary N) is 1.